The molecule has 0 aliphatic heterocycles. The molecule has 0 spiro atoms. The van der Waals surface area contributed by atoms with E-state index in [1.165, 1.54) is 0 Å². The number of halogens is 1. The molecule has 0 aromatic carbocycles. The van der Waals surface area contributed by atoms with Gasteiger partial charge in [0.15, 0.2) is 5.82 Å². The van der Waals surface area contributed by atoms with Crippen molar-refractivity contribution in [1.29, 1.82) is 5.26 Å². The quantitative estimate of drug-likeness (QED) is 0.799. The summed E-state index contributed by atoms with van der Waals surface area (Å²) in [7, 11) is 0. The van der Waals surface area contributed by atoms with E-state index in [-0.39, 0.29) is 0 Å². The first-order chi connectivity index (χ1) is 5.74. The number of unbranched alkanes of at least 4 members (excludes halogenated alkanes) is 1. The number of nitrogens with zero attached hydrogens (tertiary/aromatic N) is 3. The summed E-state index contributed by atoms with van der Waals surface area (Å²) in [5.74, 6) is 0.493. The number of hydrogen-bond donors (Lipinski definition) is 1. The third kappa shape index (κ3) is 2.24. The van der Waals surface area contributed by atoms with Gasteiger partial charge in [0.05, 0.1) is 10.5 Å². The van der Waals surface area contributed by atoms with Crippen LogP contribution in [0.4, 0.5) is 5.82 Å². The second kappa shape index (κ2) is 4.12. The number of aromatic nitrogens is 2. The number of anilines is 1. The van der Waals surface area contributed by atoms with E-state index in [1.54, 1.807) is 4.68 Å². The smallest absolute Gasteiger partial charge is 0.159 e. The lowest BCUT2D eigenvalue weighted by atomic mass is 10.3. The zero-order valence-electron chi connectivity index (χ0n) is 6.50. The maximum absolute atomic E-state index is 8.29. The van der Waals surface area contributed by atoms with Crippen LogP contribution < -0.4 is 5.73 Å². The average Bonchev–Trinajstić information content (AvgIpc) is 2.32. The molecule has 12 heavy (non-hydrogen) atoms. The van der Waals surface area contributed by atoms with Gasteiger partial charge in [-0.05, 0) is 22.4 Å². The highest BCUT2D eigenvalue weighted by Crippen LogP contribution is 2.16. The van der Waals surface area contributed by atoms with E-state index in [0.29, 0.717) is 12.2 Å². The van der Waals surface area contributed by atoms with Crippen molar-refractivity contribution in [3.63, 3.8) is 0 Å². The van der Waals surface area contributed by atoms with E-state index in [9.17, 15) is 0 Å². The van der Waals surface area contributed by atoms with Gasteiger partial charge in [0, 0.05) is 19.2 Å². The van der Waals surface area contributed by atoms with Crippen molar-refractivity contribution in [2.75, 3.05) is 5.73 Å². The summed E-state index contributed by atoms with van der Waals surface area (Å²) in [4.78, 5) is 0. The third-order valence-corrected chi connectivity index (χ3v) is 2.03. The van der Waals surface area contributed by atoms with E-state index in [0.717, 1.165) is 17.4 Å². The lowest BCUT2D eigenvalue weighted by Gasteiger charge is -1.95. The molecular weight excluding hydrogens is 220 g/mol. The summed E-state index contributed by atoms with van der Waals surface area (Å²) in [6.45, 7) is 0.739. The summed E-state index contributed by atoms with van der Waals surface area (Å²) < 4.78 is 2.54. The molecule has 1 aromatic rings. The van der Waals surface area contributed by atoms with Crippen molar-refractivity contribution in [3.8, 4) is 6.07 Å². The summed E-state index contributed by atoms with van der Waals surface area (Å²) in [5, 5.41) is 12.3. The molecule has 0 saturated carbocycles. The topological polar surface area (TPSA) is 67.6 Å². The van der Waals surface area contributed by atoms with E-state index in [4.69, 9.17) is 11.0 Å². The molecule has 5 heteroatoms. The molecule has 2 N–H and O–H groups in total. The zero-order chi connectivity index (χ0) is 8.97. The molecule has 1 rings (SSSR count). The molecule has 0 unspecified atom stereocenters. The Morgan fingerprint density at radius 2 is 2.50 bits per heavy atom. The van der Waals surface area contributed by atoms with Crippen LogP contribution in [0.15, 0.2) is 10.7 Å². The highest BCUT2D eigenvalue weighted by molar-refractivity contribution is 9.10. The first-order valence-electron chi connectivity index (χ1n) is 3.59. The highest BCUT2D eigenvalue weighted by Gasteiger charge is 2.00. The Bertz CT molecular complexity index is 279. The van der Waals surface area contributed by atoms with Gasteiger partial charge in [0.25, 0.3) is 0 Å². The second-order valence-electron chi connectivity index (χ2n) is 2.39. The van der Waals surface area contributed by atoms with Crippen molar-refractivity contribution in [1.82, 2.24) is 9.78 Å². The number of rotatable bonds is 3. The minimum Gasteiger partial charge on any atom is -0.381 e. The fourth-order valence-electron chi connectivity index (χ4n) is 0.847. The van der Waals surface area contributed by atoms with Crippen molar-refractivity contribution in [2.45, 2.75) is 19.4 Å². The Morgan fingerprint density at radius 3 is 3.00 bits per heavy atom. The first-order valence-corrected chi connectivity index (χ1v) is 4.38. The molecule has 0 saturated heterocycles. The first kappa shape index (κ1) is 9.07. The Kier molecular flexibility index (Phi) is 3.11. The van der Waals surface area contributed by atoms with Crippen LogP contribution in [0.25, 0.3) is 0 Å². The largest absolute Gasteiger partial charge is 0.381 e. The van der Waals surface area contributed by atoms with Gasteiger partial charge in [-0.3, -0.25) is 4.68 Å². The molecule has 4 nitrogen and oxygen atoms in total. The van der Waals surface area contributed by atoms with Crippen LogP contribution in [0.2, 0.25) is 0 Å². The summed E-state index contributed by atoms with van der Waals surface area (Å²) in [5.41, 5.74) is 5.50. The monoisotopic (exact) mass is 228 g/mol. The Labute approximate surface area is 79.1 Å². The SMILES string of the molecule is N#CCCCn1cc(Br)c(N)n1. The van der Waals surface area contributed by atoms with Gasteiger partial charge in [-0.1, -0.05) is 0 Å². The van der Waals surface area contributed by atoms with Gasteiger partial charge in [-0.25, -0.2) is 0 Å². The number of nitrogen functional groups attached to an aromatic ring is 1. The van der Waals surface area contributed by atoms with Crippen molar-refractivity contribution in [2.24, 2.45) is 0 Å². The number of hydrogen-bond acceptors (Lipinski definition) is 3. The Balaban J connectivity index is 2.48. The maximum Gasteiger partial charge on any atom is 0.159 e. The molecule has 0 aliphatic rings. The van der Waals surface area contributed by atoms with Crippen molar-refractivity contribution < 1.29 is 0 Å². The predicted octanol–water partition coefficient (Wildman–Crippen LogP) is 1.53. The fraction of sp³-hybridized carbons (Fsp3) is 0.429. The summed E-state index contributed by atoms with van der Waals surface area (Å²) in [6.07, 6.45) is 3.17. The molecule has 0 fully saturated rings. The molecule has 0 aliphatic carbocycles. The molecule has 1 heterocycles. The number of nitrogens with two attached hydrogens (primary N) is 1. The van der Waals surface area contributed by atoms with Gasteiger partial charge >= 0.3 is 0 Å². The highest BCUT2D eigenvalue weighted by atomic mass is 79.9. The molecule has 0 bridgehead atoms. The third-order valence-electron chi connectivity index (χ3n) is 1.42. The van der Waals surface area contributed by atoms with Crippen molar-refractivity contribution >= 4 is 21.7 Å². The predicted molar refractivity (Wildman–Crippen MR) is 49.2 cm³/mol. The van der Waals surface area contributed by atoms with Crippen LogP contribution in [0, 0.1) is 11.3 Å². The van der Waals surface area contributed by atoms with Gasteiger partial charge < -0.3 is 5.73 Å². The van der Waals surface area contributed by atoms with E-state index in [2.05, 4.69) is 27.1 Å². The normalized spacial score (nSPS) is 9.67. The summed E-state index contributed by atoms with van der Waals surface area (Å²) >= 11 is 3.25. The van der Waals surface area contributed by atoms with E-state index < -0.39 is 0 Å². The van der Waals surface area contributed by atoms with Gasteiger partial charge in [-0.15, -0.1) is 0 Å². The molecule has 1 aromatic heterocycles. The Morgan fingerprint density at radius 1 is 1.75 bits per heavy atom. The molecule has 0 atom stereocenters. The van der Waals surface area contributed by atoms with Crippen LogP contribution in [0.1, 0.15) is 12.8 Å². The molecule has 64 valence electrons. The fourth-order valence-corrected chi connectivity index (χ4v) is 1.16. The lowest BCUT2D eigenvalue weighted by Crippen LogP contribution is -1.98. The minimum absolute atomic E-state index is 0.493. The minimum atomic E-state index is 0.493. The standard InChI is InChI=1S/C7H9BrN4/c8-6-5-12(11-7(6)10)4-2-1-3-9/h5H,1-2,4H2,(H2,10,11). The zero-order valence-corrected chi connectivity index (χ0v) is 8.08. The molecular formula is C7H9BrN4. The van der Waals surface area contributed by atoms with Crippen molar-refractivity contribution in [3.05, 3.63) is 10.7 Å². The van der Waals surface area contributed by atoms with E-state index in [1.807, 2.05) is 6.20 Å². The van der Waals surface area contributed by atoms with Gasteiger partial charge in [-0.2, -0.15) is 10.4 Å². The maximum atomic E-state index is 8.29. The van der Waals surface area contributed by atoms with Crippen LogP contribution in [-0.2, 0) is 6.54 Å². The number of nitriles is 1. The van der Waals surface area contributed by atoms with E-state index >= 15 is 0 Å². The van der Waals surface area contributed by atoms with Gasteiger partial charge in [0.2, 0.25) is 0 Å². The Hall–Kier alpha value is -1.02. The summed E-state index contributed by atoms with van der Waals surface area (Å²) in [6, 6.07) is 2.08. The molecule has 0 amide bonds. The van der Waals surface area contributed by atoms with Crippen LogP contribution in [0.3, 0.4) is 0 Å². The number of aryl methyl sites for hydroxylation is 1. The lowest BCUT2D eigenvalue weighted by molar-refractivity contribution is 0.588. The second-order valence-corrected chi connectivity index (χ2v) is 3.24. The van der Waals surface area contributed by atoms with Crippen LogP contribution in [-0.4, -0.2) is 9.78 Å². The molecule has 0 radical (unpaired) electrons. The van der Waals surface area contributed by atoms with Crippen LogP contribution in [0.5, 0.6) is 0 Å². The average molecular weight is 229 g/mol. The van der Waals surface area contributed by atoms with Gasteiger partial charge in [0.1, 0.15) is 0 Å². The van der Waals surface area contributed by atoms with Crippen LogP contribution >= 0.6 is 15.9 Å².